The predicted molar refractivity (Wildman–Crippen MR) is 126 cm³/mol. The van der Waals surface area contributed by atoms with Gasteiger partial charge in [-0.25, -0.2) is 19.3 Å². The minimum absolute atomic E-state index is 0.0772. The summed E-state index contributed by atoms with van der Waals surface area (Å²) in [6.45, 7) is 4.93. The molecule has 10 heteroatoms. The van der Waals surface area contributed by atoms with E-state index in [1.807, 2.05) is 6.92 Å². The molecule has 2 N–H and O–H groups in total. The highest BCUT2D eigenvalue weighted by molar-refractivity contribution is 5.83. The average molecular weight is 482 g/mol. The molecule has 2 fully saturated rings. The number of nitrogens with zero attached hydrogens (tertiary/aromatic N) is 3. The number of rotatable bonds is 8. The first-order valence-electron chi connectivity index (χ1n) is 11.8. The van der Waals surface area contributed by atoms with Gasteiger partial charge >= 0.3 is 0 Å². The van der Waals surface area contributed by atoms with Gasteiger partial charge in [-0.1, -0.05) is 6.92 Å². The van der Waals surface area contributed by atoms with E-state index >= 15 is 0 Å². The Kier molecular flexibility index (Phi) is 6.48. The van der Waals surface area contributed by atoms with E-state index in [0.29, 0.717) is 28.7 Å². The van der Waals surface area contributed by atoms with Gasteiger partial charge in [-0.3, -0.25) is 4.79 Å². The van der Waals surface area contributed by atoms with Crippen molar-refractivity contribution in [2.24, 2.45) is 5.41 Å². The van der Waals surface area contributed by atoms with E-state index in [4.69, 9.17) is 13.9 Å². The number of anilines is 1. The van der Waals surface area contributed by atoms with Gasteiger partial charge in [0.15, 0.2) is 5.76 Å². The summed E-state index contributed by atoms with van der Waals surface area (Å²) in [4.78, 5) is 26.1. The molecule has 1 saturated carbocycles. The number of hydrogen-bond acceptors (Lipinski definition) is 8. The molecule has 1 saturated heterocycles. The zero-order valence-corrected chi connectivity index (χ0v) is 19.7. The normalized spacial score (nSPS) is 22.1. The molecule has 1 amide bonds. The van der Waals surface area contributed by atoms with Crippen molar-refractivity contribution in [3.8, 4) is 22.7 Å². The fourth-order valence-corrected chi connectivity index (χ4v) is 3.69. The molecule has 1 aliphatic carbocycles. The van der Waals surface area contributed by atoms with E-state index in [9.17, 15) is 9.18 Å². The van der Waals surface area contributed by atoms with Gasteiger partial charge < -0.3 is 24.5 Å². The molecule has 1 aromatic carbocycles. The maximum Gasteiger partial charge on any atom is 0.253 e. The standard InChI is InChI=1S/C25H28FN5O4/c1-3-11-27-24-28-12-10-18(30-24)19-20(15-4-6-16(26)7-5-15)35-21(31-19)22-33-13-25(2,14-34-22)23(32)29-17-8-9-17/h4-7,10,12,17,22H,3,8-9,11,13-14H2,1-2H3,(H,29,32)(H,27,28,30). The number of carbonyl (C=O) groups is 1. The van der Waals surface area contributed by atoms with Gasteiger partial charge in [-0.05, 0) is 56.5 Å². The van der Waals surface area contributed by atoms with Crippen molar-refractivity contribution in [3.05, 3.63) is 48.2 Å². The molecular weight excluding hydrogens is 453 g/mol. The maximum atomic E-state index is 13.6. The van der Waals surface area contributed by atoms with Crippen molar-refractivity contribution < 1.29 is 23.1 Å². The van der Waals surface area contributed by atoms with Crippen LogP contribution in [0.25, 0.3) is 22.7 Å². The third kappa shape index (κ3) is 5.18. The van der Waals surface area contributed by atoms with E-state index in [2.05, 4.69) is 32.5 Å². The van der Waals surface area contributed by atoms with Gasteiger partial charge in [-0.15, -0.1) is 0 Å². The smallest absolute Gasteiger partial charge is 0.253 e. The van der Waals surface area contributed by atoms with Crippen LogP contribution in [-0.4, -0.2) is 46.7 Å². The molecular formula is C25H28FN5O4. The second-order valence-corrected chi connectivity index (χ2v) is 9.19. The third-order valence-electron chi connectivity index (χ3n) is 5.95. The van der Waals surface area contributed by atoms with E-state index in [1.54, 1.807) is 24.4 Å². The largest absolute Gasteiger partial charge is 0.435 e. The molecule has 0 atom stereocenters. The van der Waals surface area contributed by atoms with Crippen LogP contribution in [0.1, 0.15) is 45.3 Å². The molecule has 0 radical (unpaired) electrons. The lowest BCUT2D eigenvalue weighted by Gasteiger charge is -2.34. The predicted octanol–water partition coefficient (Wildman–Crippen LogP) is 4.09. The highest BCUT2D eigenvalue weighted by atomic mass is 19.1. The van der Waals surface area contributed by atoms with Crippen LogP contribution in [0.15, 0.2) is 40.9 Å². The van der Waals surface area contributed by atoms with Crippen molar-refractivity contribution in [1.82, 2.24) is 20.3 Å². The van der Waals surface area contributed by atoms with E-state index in [-0.39, 0.29) is 36.9 Å². The number of oxazole rings is 1. The first-order chi connectivity index (χ1) is 16.9. The molecule has 0 unspecified atom stereocenters. The number of hydrogen-bond donors (Lipinski definition) is 2. The lowest BCUT2D eigenvalue weighted by molar-refractivity contribution is -0.236. The minimum Gasteiger partial charge on any atom is -0.435 e. The summed E-state index contributed by atoms with van der Waals surface area (Å²) in [6, 6.07) is 7.92. The van der Waals surface area contributed by atoms with Crippen LogP contribution in [0, 0.1) is 11.2 Å². The monoisotopic (exact) mass is 481 g/mol. The summed E-state index contributed by atoms with van der Waals surface area (Å²) in [5.41, 5.74) is 0.838. The average Bonchev–Trinajstić information content (AvgIpc) is 3.58. The molecule has 2 aromatic heterocycles. The van der Waals surface area contributed by atoms with Crippen LogP contribution in [0.2, 0.25) is 0 Å². The van der Waals surface area contributed by atoms with Crippen LogP contribution in [-0.2, 0) is 14.3 Å². The van der Waals surface area contributed by atoms with Gasteiger partial charge in [0.25, 0.3) is 5.89 Å². The van der Waals surface area contributed by atoms with Gasteiger partial charge in [0, 0.05) is 24.3 Å². The van der Waals surface area contributed by atoms with Crippen LogP contribution < -0.4 is 10.6 Å². The minimum atomic E-state index is -0.885. The molecule has 3 heterocycles. The lowest BCUT2D eigenvalue weighted by Crippen LogP contribution is -2.49. The Morgan fingerprint density at radius 2 is 1.89 bits per heavy atom. The zero-order valence-electron chi connectivity index (χ0n) is 19.7. The van der Waals surface area contributed by atoms with Gasteiger partial charge in [0.1, 0.15) is 11.5 Å². The Morgan fingerprint density at radius 1 is 1.14 bits per heavy atom. The van der Waals surface area contributed by atoms with Gasteiger partial charge in [-0.2, -0.15) is 0 Å². The summed E-state index contributed by atoms with van der Waals surface area (Å²) >= 11 is 0. The van der Waals surface area contributed by atoms with Crippen LogP contribution in [0.3, 0.4) is 0 Å². The number of ether oxygens (including phenoxy) is 2. The summed E-state index contributed by atoms with van der Waals surface area (Å²) < 4.78 is 31.4. The second-order valence-electron chi connectivity index (χ2n) is 9.19. The molecule has 3 aromatic rings. The molecule has 5 rings (SSSR count). The van der Waals surface area contributed by atoms with Gasteiger partial charge in [0.05, 0.1) is 24.3 Å². The van der Waals surface area contributed by atoms with Crippen LogP contribution in [0.5, 0.6) is 0 Å². The Hall–Kier alpha value is -3.37. The fraction of sp³-hybridized carbons (Fsp3) is 0.440. The third-order valence-corrected chi connectivity index (χ3v) is 5.95. The highest BCUT2D eigenvalue weighted by Gasteiger charge is 2.43. The first-order valence-corrected chi connectivity index (χ1v) is 11.8. The Balaban J connectivity index is 1.42. The van der Waals surface area contributed by atoms with Crippen molar-refractivity contribution in [3.63, 3.8) is 0 Å². The molecule has 35 heavy (non-hydrogen) atoms. The molecule has 2 aliphatic rings. The summed E-state index contributed by atoms with van der Waals surface area (Å²) in [6.07, 6.45) is 3.70. The van der Waals surface area contributed by atoms with E-state index in [0.717, 1.165) is 25.8 Å². The summed E-state index contributed by atoms with van der Waals surface area (Å²) in [7, 11) is 0. The molecule has 0 spiro atoms. The number of halogens is 1. The molecule has 184 valence electrons. The van der Waals surface area contributed by atoms with Crippen molar-refractivity contribution in [2.45, 2.75) is 45.4 Å². The van der Waals surface area contributed by atoms with E-state index < -0.39 is 11.7 Å². The Bertz CT molecular complexity index is 1190. The van der Waals surface area contributed by atoms with Crippen molar-refractivity contribution in [1.29, 1.82) is 0 Å². The molecule has 1 aliphatic heterocycles. The highest BCUT2D eigenvalue weighted by Crippen LogP contribution is 2.38. The topological polar surface area (TPSA) is 111 Å². The SMILES string of the molecule is CCCNc1nccc(-c2nc(C3OCC(C)(C(=O)NC4CC4)CO3)oc2-c2ccc(F)cc2)n1. The number of aromatic nitrogens is 3. The number of carbonyl (C=O) groups excluding carboxylic acids is 1. The number of amides is 1. The van der Waals surface area contributed by atoms with Crippen LogP contribution >= 0.6 is 0 Å². The van der Waals surface area contributed by atoms with Crippen molar-refractivity contribution in [2.75, 3.05) is 25.1 Å². The Labute approximate surface area is 202 Å². The molecule has 0 bridgehead atoms. The van der Waals surface area contributed by atoms with E-state index in [1.165, 1.54) is 12.1 Å². The van der Waals surface area contributed by atoms with Crippen LogP contribution in [0.4, 0.5) is 10.3 Å². The zero-order chi connectivity index (χ0) is 24.4. The van der Waals surface area contributed by atoms with Crippen molar-refractivity contribution >= 4 is 11.9 Å². The quantitative estimate of drug-likeness (QED) is 0.495. The number of benzene rings is 1. The summed E-state index contributed by atoms with van der Waals surface area (Å²) in [5, 5.41) is 6.17. The lowest BCUT2D eigenvalue weighted by atomic mass is 9.91. The first kappa shape index (κ1) is 23.4. The van der Waals surface area contributed by atoms with Gasteiger partial charge in [0.2, 0.25) is 18.1 Å². The Morgan fingerprint density at radius 3 is 2.57 bits per heavy atom. The maximum absolute atomic E-state index is 13.6. The second kappa shape index (κ2) is 9.71. The summed E-state index contributed by atoms with van der Waals surface area (Å²) in [5.74, 6) is 0.650. The molecule has 9 nitrogen and oxygen atoms in total. The fourth-order valence-electron chi connectivity index (χ4n) is 3.69. The number of nitrogens with one attached hydrogen (secondary N) is 2.